The molecule has 88 valence electrons. The standard InChI is InChI=1S/C12H16O4/c1-8-10(11(15)16-7-6-13)9(14)4-5-12(8,2)3/h4-5,13H,6-7H2,1-3H3. The summed E-state index contributed by atoms with van der Waals surface area (Å²) in [6.45, 7) is 5.25. The van der Waals surface area contributed by atoms with Gasteiger partial charge in [-0.25, -0.2) is 4.79 Å². The quantitative estimate of drug-likeness (QED) is 0.574. The first-order valence-corrected chi connectivity index (χ1v) is 5.13. The van der Waals surface area contributed by atoms with E-state index >= 15 is 0 Å². The molecule has 0 radical (unpaired) electrons. The van der Waals surface area contributed by atoms with E-state index in [0.29, 0.717) is 5.57 Å². The van der Waals surface area contributed by atoms with Crippen LogP contribution in [0.5, 0.6) is 0 Å². The van der Waals surface area contributed by atoms with Gasteiger partial charge < -0.3 is 9.84 Å². The third-order valence-corrected chi connectivity index (χ3v) is 2.77. The van der Waals surface area contributed by atoms with Gasteiger partial charge in [-0.2, -0.15) is 0 Å². The van der Waals surface area contributed by atoms with Crippen LogP contribution in [0.3, 0.4) is 0 Å². The van der Waals surface area contributed by atoms with E-state index in [4.69, 9.17) is 9.84 Å². The molecule has 1 rings (SSSR count). The molecule has 0 aromatic carbocycles. The molecule has 16 heavy (non-hydrogen) atoms. The Morgan fingerprint density at radius 2 is 2.12 bits per heavy atom. The van der Waals surface area contributed by atoms with Gasteiger partial charge in [0.15, 0.2) is 5.78 Å². The molecule has 0 aromatic rings. The Kier molecular flexibility index (Phi) is 3.65. The van der Waals surface area contributed by atoms with Gasteiger partial charge in [0.25, 0.3) is 0 Å². The lowest BCUT2D eigenvalue weighted by molar-refractivity contribution is -0.141. The van der Waals surface area contributed by atoms with Crippen molar-refractivity contribution in [3.05, 3.63) is 23.3 Å². The first kappa shape index (κ1) is 12.6. The van der Waals surface area contributed by atoms with E-state index in [1.165, 1.54) is 6.08 Å². The summed E-state index contributed by atoms with van der Waals surface area (Å²) in [6.07, 6.45) is 3.16. The number of hydrogen-bond donors (Lipinski definition) is 1. The largest absolute Gasteiger partial charge is 0.460 e. The van der Waals surface area contributed by atoms with Crippen LogP contribution >= 0.6 is 0 Å². The molecule has 0 aliphatic heterocycles. The van der Waals surface area contributed by atoms with Gasteiger partial charge in [-0.15, -0.1) is 0 Å². The average molecular weight is 224 g/mol. The highest BCUT2D eigenvalue weighted by Gasteiger charge is 2.31. The molecule has 0 bridgehead atoms. The monoisotopic (exact) mass is 224 g/mol. The van der Waals surface area contributed by atoms with Crippen molar-refractivity contribution in [1.29, 1.82) is 0 Å². The number of carbonyl (C=O) groups excluding carboxylic acids is 2. The third-order valence-electron chi connectivity index (χ3n) is 2.77. The highest BCUT2D eigenvalue weighted by molar-refractivity contribution is 6.23. The van der Waals surface area contributed by atoms with Crippen LogP contribution in [0.1, 0.15) is 20.8 Å². The Hall–Kier alpha value is -1.42. The summed E-state index contributed by atoms with van der Waals surface area (Å²) in [5, 5.41) is 8.56. The Morgan fingerprint density at radius 1 is 1.50 bits per heavy atom. The SMILES string of the molecule is CC1=C(C(=O)OCCO)C(=O)C=CC1(C)C. The molecule has 0 fully saturated rings. The summed E-state index contributed by atoms with van der Waals surface area (Å²) in [5.74, 6) is -0.992. The van der Waals surface area contributed by atoms with E-state index in [2.05, 4.69) is 0 Å². The molecule has 4 heteroatoms. The van der Waals surface area contributed by atoms with Gasteiger partial charge in [0.1, 0.15) is 12.2 Å². The molecule has 0 aromatic heterocycles. The van der Waals surface area contributed by atoms with Crippen LogP contribution in [0.2, 0.25) is 0 Å². The maximum Gasteiger partial charge on any atom is 0.342 e. The minimum Gasteiger partial charge on any atom is -0.460 e. The highest BCUT2D eigenvalue weighted by Crippen LogP contribution is 2.34. The van der Waals surface area contributed by atoms with E-state index in [1.807, 2.05) is 13.8 Å². The molecule has 4 nitrogen and oxygen atoms in total. The lowest BCUT2D eigenvalue weighted by Gasteiger charge is -2.26. The summed E-state index contributed by atoms with van der Waals surface area (Å²) in [7, 11) is 0. The minimum absolute atomic E-state index is 0.0842. The summed E-state index contributed by atoms with van der Waals surface area (Å²) in [5.41, 5.74) is 0.463. The van der Waals surface area contributed by atoms with E-state index in [0.717, 1.165) is 0 Å². The number of esters is 1. The summed E-state index contributed by atoms with van der Waals surface area (Å²) in [6, 6.07) is 0. The lowest BCUT2D eigenvalue weighted by Crippen LogP contribution is -2.26. The smallest absolute Gasteiger partial charge is 0.342 e. The minimum atomic E-state index is -0.658. The Balaban J connectivity index is 3.00. The van der Waals surface area contributed by atoms with Crippen molar-refractivity contribution in [3.63, 3.8) is 0 Å². The van der Waals surface area contributed by atoms with Crippen molar-refractivity contribution in [3.8, 4) is 0 Å². The molecule has 0 saturated carbocycles. The molecule has 0 spiro atoms. The fraction of sp³-hybridized carbons (Fsp3) is 0.500. The van der Waals surface area contributed by atoms with Crippen LogP contribution in [0.4, 0.5) is 0 Å². The van der Waals surface area contributed by atoms with Crippen LogP contribution < -0.4 is 0 Å². The molecule has 0 amide bonds. The molecule has 1 N–H and O–H groups in total. The Labute approximate surface area is 94.6 Å². The van der Waals surface area contributed by atoms with Gasteiger partial charge in [-0.3, -0.25) is 4.79 Å². The van der Waals surface area contributed by atoms with Crippen LogP contribution in [-0.2, 0) is 14.3 Å². The van der Waals surface area contributed by atoms with Crippen LogP contribution in [-0.4, -0.2) is 30.1 Å². The van der Waals surface area contributed by atoms with Crippen molar-refractivity contribution >= 4 is 11.8 Å². The van der Waals surface area contributed by atoms with E-state index in [1.54, 1.807) is 13.0 Å². The fourth-order valence-electron chi connectivity index (χ4n) is 1.46. The summed E-state index contributed by atoms with van der Waals surface area (Å²) < 4.78 is 4.76. The topological polar surface area (TPSA) is 63.6 Å². The second-order valence-electron chi connectivity index (χ2n) is 4.28. The molecule has 0 saturated heterocycles. The van der Waals surface area contributed by atoms with E-state index in [-0.39, 0.29) is 30.0 Å². The molecular weight excluding hydrogens is 208 g/mol. The number of aliphatic hydroxyl groups excluding tert-OH is 1. The van der Waals surface area contributed by atoms with Crippen LogP contribution in [0, 0.1) is 5.41 Å². The van der Waals surface area contributed by atoms with Crippen LogP contribution in [0.15, 0.2) is 23.3 Å². The number of hydrogen-bond acceptors (Lipinski definition) is 4. The Morgan fingerprint density at radius 3 is 2.69 bits per heavy atom. The average Bonchev–Trinajstić information content (AvgIpc) is 2.22. The highest BCUT2D eigenvalue weighted by atomic mass is 16.5. The predicted octanol–water partition coefficient (Wildman–Crippen LogP) is 1.00. The number of ether oxygens (including phenoxy) is 1. The van der Waals surface area contributed by atoms with Crippen molar-refractivity contribution in [1.82, 2.24) is 0 Å². The van der Waals surface area contributed by atoms with Gasteiger partial charge in [0.05, 0.1) is 6.61 Å². The maximum atomic E-state index is 11.6. The zero-order valence-corrected chi connectivity index (χ0v) is 9.74. The van der Waals surface area contributed by atoms with E-state index < -0.39 is 5.97 Å². The van der Waals surface area contributed by atoms with Crippen LogP contribution in [0.25, 0.3) is 0 Å². The fourth-order valence-corrected chi connectivity index (χ4v) is 1.46. The number of carbonyl (C=O) groups is 2. The van der Waals surface area contributed by atoms with Crippen molar-refractivity contribution in [2.45, 2.75) is 20.8 Å². The van der Waals surface area contributed by atoms with Crippen molar-refractivity contribution in [2.24, 2.45) is 5.41 Å². The zero-order valence-electron chi connectivity index (χ0n) is 9.74. The van der Waals surface area contributed by atoms with Gasteiger partial charge in [0.2, 0.25) is 0 Å². The number of rotatable bonds is 3. The maximum absolute atomic E-state index is 11.6. The lowest BCUT2D eigenvalue weighted by atomic mass is 9.77. The molecule has 0 unspecified atom stereocenters. The van der Waals surface area contributed by atoms with Gasteiger partial charge in [-0.1, -0.05) is 19.9 Å². The number of aliphatic hydroxyl groups is 1. The van der Waals surface area contributed by atoms with E-state index in [9.17, 15) is 9.59 Å². The Bertz CT molecular complexity index is 374. The van der Waals surface area contributed by atoms with Gasteiger partial charge >= 0.3 is 5.97 Å². The summed E-state index contributed by atoms with van der Waals surface area (Å²) >= 11 is 0. The second kappa shape index (κ2) is 4.61. The second-order valence-corrected chi connectivity index (χ2v) is 4.28. The molecular formula is C12H16O4. The summed E-state index contributed by atoms with van der Waals surface area (Å²) in [4.78, 5) is 23.2. The predicted molar refractivity (Wildman–Crippen MR) is 58.7 cm³/mol. The molecule has 1 aliphatic carbocycles. The molecule has 0 heterocycles. The van der Waals surface area contributed by atoms with Gasteiger partial charge in [-0.05, 0) is 18.6 Å². The van der Waals surface area contributed by atoms with Crippen molar-refractivity contribution in [2.75, 3.05) is 13.2 Å². The number of allylic oxidation sites excluding steroid dienone is 3. The van der Waals surface area contributed by atoms with Crippen molar-refractivity contribution < 1.29 is 19.4 Å². The normalized spacial score (nSPS) is 18.9. The zero-order chi connectivity index (χ0) is 12.3. The molecule has 0 atom stereocenters. The molecule has 1 aliphatic rings. The first-order valence-electron chi connectivity index (χ1n) is 5.13. The van der Waals surface area contributed by atoms with Gasteiger partial charge in [0, 0.05) is 5.41 Å². The first-order chi connectivity index (χ1) is 7.40. The number of ketones is 1. The third kappa shape index (κ3) is 2.39.